The van der Waals surface area contributed by atoms with Crippen LogP contribution in [0.3, 0.4) is 0 Å². The molecule has 0 aliphatic rings. The van der Waals surface area contributed by atoms with Gasteiger partial charge < -0.3 is 10.6 Å². The number of benzene rings is 2. The van der Waals surface area contributed by atoms with Crippen LogP contribution in [0.4, 0.5) is 11.4 Å². The average molecular weight is 290 g/mol. The lowest BCUT2D eigenvalue weighted by molar-refractivity contribution is 0.595. The van der Waals surface area contributed by atoms with Crippen LogP contribution in [0.5, 0.6) is 0 Å². The molecule has 0 bridgehead atoms. The predicted octanol–water partition coefficient (Wildman–Crippen LogP) is 2.48. The topological polar surface area (TPSA) is 63.4 Å². The monoisotopic (exact) mass is 290 g/mol. The summed E-state index contributed by atoms with van der Waals surface area (Å²) in [7, 11) is 0.336. The molecule has 0 atom stereocenters. The third kappa shape index (κ3) is 2.63. The van der Waals surface area contributed by atoms with E-state index >= 15 is 0 Å². The van der Waals surface area contributed by atoms with Crippen molar-refractivity contribution < 1.29 is 8.42 Å². The first-order valence-electron chi connectivity index (χ1n) is 6.21. The standard InChI is InChI=1S/C15H18N2O2S/c1-11-10-13(17(2)3)6-9-15(11)20(18,19)14-7-4-12(16)5-8-14/h4-10H,16H2,1-3H3. The number of nitrogens with zero attached hydrogens (tertiary/aromatic N) is 1. The predicted molar refractivity (Wildman–Crippen MR) is 81.8 cm³/mol. The first-order valence-corrected chi connectivity index (χ1v) is 7.69. The molecule has 0 saturated carbocycles. The number of hydrogen-bond donors (Lipinski definition) is 1. The first kappa shape index (κ1) is 14.4. The average Bonchev–Trinajstić information content (AvgIpc) is 2.38. The Morgan fingerprint density at radius 2 is 1.60 bits per heavy atom. The van der Waals surface area contributed by atoms with E-state index in [1.165, 1.54) is 12.1 Å². The minimum absolute atomic E-state index is 0.257. The van der Waals surface area contributed by atoms with Crippen LogP contribution < -0.4 is 10.6 Å². The number of sulfone groups is 1. The van der Waals surface area contributed by atoms with E-state index in [1.807, 2.05) is 25.1 Å². The smallest absolute Gasteiger partial charge is 0.206 e. The Hall–Kier alpha value is -2.01. The van der Waals surface area contributed by atoms with Crippen molar-refractivity contribution in [1.29, 1.82) is 0 Å². The fraction of sp³-hybridized carbons (Fsp3) is 0.200. The Balaban J connectivity index is 2.52. The molecular weight excluding hydrogens is 272 g/mol. The molecule has 0 heterocycles. The van der Waals surface area contributed by atoms with Crippen molar-refractivity contribution in [2.24, 2.45) is 0 Å². The molecule has 0 spiro atoms. The number of nitrogens with two attached hydrogens (primary N) is 1. The zero-order chi connectivity index (χ0) is 14.9. The van der Waals surface area contributed by atoms with E-state index in [2.05, 4.69) is 0 Å². The quantitative estimate of drug-likeness (QED) is 0.882. The lowest BCUT2D eigenvalue weighted by Gasteiger charge is -2.15. The van der Waals surface area contributed by atoms with Crippen molar-refractivity contribution in [3.8, 4) is 0 Å². The summed E-state index contributed by atoms with van der Waals surface area (Å²) in [6.07, 6.45) is 0. The van der Waals surface area contributed by atoms with Crippen molar-refractivity contribution in [2.45, 2.75) is 16.7 Å². The highest BCUT2D eigenvalue weighted by Gasteiger charge is 2.20. The van der Waals surface area contributed by atoms with Gasteiger partial charge in [-0.3, -0.25) is 0 Å². The van der Waals surface area contributed by atoms with E-state index in [9.17, 15) is 8.42 Å². The summed E-state index contributed by atoms with van der Waals surface area (Å²) in [5.74, 6) is 0. The van der Waals surface area contributed by atoms with Gasteiger partial charge in [0.25, 0.3) is 0 Å². The van der Waals surface area contributed by atoms with Crippen molar-refractivity contribution in [2.75, 3.05) is 24.7 Å². The molecule has 0 aliphatic carbocycles. The van der Waals surface area contributed by atoms with E-state index in [4.69, 9.17) is 5.73 Å². The maximum Gasteiger partial charge on any atom is 0.206 e. The fourth-order valence-corrected chi connectivity index (χ4v) is 3.47. The molecule has 5 heteroatoms. The van der Waals surface area contributed by atoms with Gasteiger partial charge in [0.05, 0.1) is 9.79 Å². The summed E-state index contributed by atoms with van der Waals surface area (Å²) in [5, 5.41) is 0. The molecule has 0 unspecified atom stereocenters. The van der Waals surface area contributed by atoms with Gasteiger partial charge >= 0.3 is 0 Å². The Labute approximate surface area is 119 Å². The second-order valence-corrected chi connectivity index (χ2v) is 6.83. The van der Waals surface area contributed by atoms with Gasteiger partial charge in [-0.1, -0.05) is 0 Å². The second-order valence-electron chi connectivity index (χ2n) is 4.92. The number of hydrogen-bond acceptors (Lipinski definition) is 4. The van der Waals surface area contributed by atoms with Crippen molar-refractivity contribution in [3.05, 3.63) is 48.0 Å². The molecule has 0 fully saturated rings. The molecule has 2 rings (SSSR count). The third-order valence-electron chi connectivity index (χ3n) is 3.15. The van der Waals surface area contributed by atoms with Crippen LogP contribution >= 0.6 is 0 Å². The van der Waals surface area contributed by atoms with Crippen molar-refractivity contribution in [3.63, 3.8) is 0 Å². The number of nitrogen functional groups attached to an aromatic ring is 1. The van der Waals surface area contributed by atoms with Crippen molar-refractivity contribution >= 4 is 21.2 Å². The molecule has 106 valence electrons. The Kier molecular flexibility index (Phi) is 3.72. The van der Waals surface area contributed by atoms with E-state index in [0.29, 0.717) is 10.6 Å². The van der Waals surface area contributed by atoms with Crippen LogP contribution in [0.2, 0.25) is 0 Å². The minimum Gasteiger partial charge on any atom is -0.399 e. The number of aryl methyl sites for hydroxylation is 1. The van der Waals surface area contributed by atoms with Crippen LogP contribution in [-0.2, 0) is 9.84 Å². The van der Waals surface area contributed by atoms with Crippen LogP contribution in [0.15, 0.2) is 52.3 Å². The van der Waals surface area contributed by atoms with Crippen LogP contribution in [0, 0.1) is 6.92 Å². The summed E-state index contributed by atoms with van der Waals surface area (Å²) in [4.78, 5) is 2.52. The lowest BCUT2D eigenvalue weighted by atomic mass is 10.2. The largest absolute Gasteiger partial charge is 0.399 e. The zero-order valence-corrected chi connectivity index (χ0v) is 12.6. The lowest BCUT2D eigenvalue weighted by Crippen LogP contribution is -2.10. The SMILES string of the molecule is Cc1cc(N(C)C)ccc1S(=O)(=O)c1ccc(N)cc1. The molecule has 2 N–H and O–H groups in total. The van der Waals surface area contributed by atoms with Crippen LogP contribution in [-0.4, -0.2) is 22.5 Å². The highest BCUT2D eigenvalue weighted by molar-refractivity contribution is 7.91. The van der Waals surface area contributed by atoms with Crippen LogP contribution in [0.25, 0.3) is 0 Å². The molecule has 0 aromatic heterocycles. The normalized spacial score (nSPS) is 11.3. The fourth-order valence-electron chi connectivity index (χ4n) is 1.99. The summed E-state index contributed by atoms with van der Waals surface area (Å²) in [6, 6.07) is 11.6. The van der Waals surface area contributed by atoms with Gasteiger partial charge in [0.2, 0.25) is 9.84 Å². The molecule has 0 radical (unpaired) electrons. The van der Waals surface area contributed by atoms with Gasteiger partial charge in [-0.15, -0.1) is 0 Å². The Morgan fingerprint density at radius 1 is 1.00 bits per heavy atom. The molecule has 0 amide bonds. The third-order valence-corrected chi connectivity index (χ3v) is 5.08. The van der Waals surface area contributed by atoms with Gasteiger partial charge in [-0.25, -0.2) is 8.42 Å². The van der Waals surface area contributed by atoms with Gasteiger partial charge in [0.15, 0.2) is 0 Å². The van der Waals surface area contributed by atoms with E-state index in [1.54, 1.807) is 31.2 Å². The van der Waals surface area contributed by atoms with E-state index in [-0.39, 0.29) is 4.90 Å². The summed E-state index contributed by atoms with van der Waals surface area (Å²) < 4.78 is 25.2. The summed E-state index contributed by atoms with van der Waals surface area (Å²) in [5.41, 5.74) is 7.84. The second kappa shape index (κ2) is 5.17. The molecule has 0 saturated heterocycles. The Bertz CT molecular complexity index is 720. The van der Waals surface area contributed by atoms with Crippen molar-refractivity contribution in [1.82, 2.24) is 0 Å². The molecule has 2 aromatic rings. The highest BCUT2D eigenvalue weighted by Crippen LogP contribution is 2.27. The summed E-state index contributed by atoms with van der Waals surface area (Å²) >= 11 is 0. The van der Waals surface area contributed by atoms with E-state index < -0.39 is 9.84 Å². The Morgan fingerprint density at radius 3 is 2.10 bits per heavy atom. The molecule has 2 aromatic carbocycles. The summed E-state index contributed by atoms with van der Waals surface area (Å²) in [6.45, 7) is 1.80. The van der Waals surface area contributed by atoms with E-state index in [0.717, 1.165) is 11.3 Å². The van der Waals surface area contributed by atoms with Gasteiger partial charge in [-0.05, 0) is 55.0 Å². The maximum absolute atomic E-state index is 12.6. The van der Waals surface area contributed by atoms with Gasteiger partial charge in [0, 0.05) is 25.5 Å². The van der Waals surface area contributed by atoms with Gasteiger partial charge in [-0.2, -0.15) is 0 Å². The molecule has 4 nitrogen and oxygen atoms in total. The maximum atomic E-state index is 12.6. The molecule has 20 heavy (non-hydrogen) atoms. The zero-order valence-electron chi connectivity index (χ0n) is 11.8. The van der Waals surface area contributed by atoms with Gasteiger partial charge in [0.1, 0.15) is 0 Å². The number of anilines is 2. The molecular formula is C15H18N2O2S. The molecule has 0 aliphatic heterocycles. The van der Waals surface area contributed by atoms with Crippen LogP contribution in [0.1, 0.15) is 5.56 Å². The number of rotatable bonds is 3. The first-order chi connectivity index (χ1) is 9.32. The minimum atomic E-state index is -3.50. The highest BCUT2D eigenvalue weighted by atomic mass is 32.2.